The predicted octanol–water partition coefficient (Wildman–Crippen LogP) is 4.02. The van der Waals surface area contributed by atoms with Crippen LogP contribution in [0.2, 0.25) is 0 Å². The average Bonchev–Trinajstić information content (AvgIpc) is 2.72. The molecule has 0 saturated heterocycles. The molecular formula is C23H25NO3. The third-order valence-electron chi connectivity index (χ3n) is 4.72. The minimum absolute atomic E-state index is 0.00376. The number of benzene rings is 3. The molecule has 0 radical (unpaired) electrons. The molecule has 2 N–H and O–H groups in total. The van der Waals surface area contributed by atoms with Crippen LogP contribution in [-0.2, 0) is 11.2 Å². The monoisotopic (exact) mass is 363 g/mol. The summed E-state index contributed by atoms with van der Waals surface area (Å²) in [5, 5.41) is 15.6. The molecule has 1 amide bonds. The van der Waals surface area contributed by atoms with E-state index in [0.29, 0.717) is 25.8 Å². The van der Waals surface area contributed by atoms with E-state index in [1.807, 2.05) is 66.7 Å². The van der Waals surface area contributed by atoms with Crippen molar-refractivity contribution in [1.82, 2.24) is 5.32 Å². The molecule has 140 valence electrons. The molecule has 0 saturated carbocycles. The van der Waals surface area contributed by atoms with Crippen LogP contribution < -0.4 is 10.1 Å². The Kier molecular flexibility index (Phi) is 6.44. The molecule has 0 aromatic heterocycles. The number of aliphatic hydroxyl groups is 1. The standard InChI is InChI=1S/C23H25NO3/c1-27-19-12-9-17(10-13-19)11-14-23(26)24-16-15-22(25)21-8-4-6-18-5-2-3-7-20(18)21/h2-10,12-13,22,25H,11,14-16H2,1H3,(H,24,26). The average molecular weight is 363 g/mol. The van der Waals surface area contributed by atoms with Crippen molar-refractivity contribution >= 4 is 16.7 Å². The number of methoxy groups -OCH3 is 1. The molecule has 1 unspecified atom stereocenters. The van der Waals surface area contributed by atoms with Gasteiger partial charge >= 0.3 is 0 Å². The van der Waals surface area contributed by atoms with Crippen molar-refractivity contribution in [3.63, 3.8) is 0 Å². The van der Waals surface area contributed by atoms with Crippen LogP contribution in [0.25, 0.3) is 10.8 Å². The van der Waals surface area contributed by atoms with Crippen molar-refractivity contribution in [2.24, 2.45) is 0 Å². The highest BCUT2D eigenvalue weighted by Crippen LogP contribution is 2.25. The minimum atomic E-state index is -0.599. The van der Waals surface area contributed by atoms with Crippen molar-refractivity contribution in [3.8, 4) is 5.75 Å². The van der Waals surface area contributed by atoms with E-state index in [2.05, 4.69) is 5.32 Å². The van der Waals surface area contributed by atoms with Gasteiger partial charge in [-0.1, -0.05) is 54.6 Å². The van der Waals surface area contributed by atoms with Gasteiger partial charge in [-0.15, -0.1) is 0 Å². The summed E-state index contributed by atoms with van der Waals surface area (Å²) < 4.78 is 5.13. The maximum absolute atomic E-state index is 12.1. The molecule has 4 heteroatoms. The minimum Gasteiger partial charge on any atom is -0.497 e. The smallest absolute Gasteiger partial charge is 0.220 e. The Morgan fingerprint density at radius 1 is 1.04 bits per heavy atom. The molecule has 3 rings (SSSR count). The molecule has 0 spiro atoms. The molecule has 0 bridgehead atoms. The van der Waals surface area contributed by atoms with Crippen molar-refractivity contribution in [2.75, 3.05) is 13.7 Å². The fraction of sp³-hybridized carbons (Fsp3) is 0.261. The number of fused-ring (bicyclic) bond motifs is 1. The summed E-state index contributed by atoms with van der Waals surface area (Å²) in [5.41, 5.74) is 2.00. The van der Waals surface area contributed by atoms with Crippen molar-refractivity contribution in [1.29, 1.82) is 0 Å². The molecule has 0 fully saturated rings. The topological polar surface area (TPSA) is 58.6 Å². The van der Waals surface area contributed by atoms with Gasteiger partial charge in [0.1, 0.15) is 5.75 Å². The number of aliphatic hydroxyl groups excluding tert-OH is 1. The molecule has 4 nitrogen and oxygen atoms in total. The first-order valence-corrected chi connectivity index (χ1v) is 9.23. The highest BCUT2D eigenvalue weighted by atomic mass is 16.5. The van der Waals surface area contributed by atoms with Gasteiger partial charge in [0, 0.05) is 13.0 Å². The van der Waals surface area contributed by atoms with E-state index in [1.54, 1.807) is 7.11 Å². The molecule has 0 aliphatic rings. The highest BCUT2D eigenvalue weighted by Gasteiger charge is 2.11. The van der Waals surface area contributed by atoms with Gasteiger partial charge in [0.25, 0.3) is 0 Å². The zero-order valence-corrected chi connectivity index (χ0v) is 15.5. The summed E-state index contributed by atoms with van der Waals surface area (Å²) in [7, 11) is 1.63. The first-order chi connectivity index (χ1) is 13.2. The lowest BCUT2D eigenvalue weighted by atomic mass is 9.99. The van der Waals surface area contributed by atoms with Gasteiger partial charge in [-0.25, -0.2) is 0 Å². The number of hydrogen-bond donors (Lipinski definition) is 2. The molecule has 1 atom stereocenters. The first-order valence-electron chi connectivity index (χ1n) is 9.23. The maximum Gasteiger partial charge on any atom is 0.220 e. The fourth-order valence-electron chi connectivity index (χ4n) is 3.18. The summed E-state index contributed by atoms with van der Waals surface area (Å²) >= 11 is 0. The number of amides is 1. The van der Waals surface area contributed by atoms with Gasteiger partial charge in [0.2, 0.25) is 5.91 Å². The quantitative estimate of drug-likeness (QED) is 0.635. The summed E-state index contributed by atoms with van der Waals surface area (Å²) in [6.07, 6.45) is 0.999. The largest absolute Gasteiger partial charge is 0.497 e. The molecule has 3 aromatic rings. The maximum atomic E-state index is 12.1. The lowest BCUT2D eigenvalue weighted by molar-refractivity contribution is -0.121. The van der Waals surface area contributed by atoms with Gasteiger partial charge in [0.05, 0.1) is 13.2 Å². The summed E-state index contributed by atoms with van der Waals surface area (Å²) in [4.78, 5) is 12.1. The lowest BCUT2D eigenvalue weighted by Crippen LogP contribution is -2.25. The van der Waals surface area contributed by atoms with Crippen LogP contribution in [0.3, 0.4) is 0 Å². The Bertz CT molecular complexity index is 884. The number of carbonyl (C=O) groups is 1. The summed E-state index contributed by atoms with van der Waals surface area (Å²) in [6.45, 7) is 0.450. The number of aryl methyl sites for hydroxylation is 1. The van der Waals surface area contributed by atoms with Crippen LogP contribution in [0, 0.1) is 0 Å². The second kappa shape index (κ2) is 9.19. The third kappa shape index (κ3) is 5.08. The van der Waals surface area contributed by atoms with E-state index in [-0.39, 0.29) is 5.91 Å². The molecular weight excluding hydrogens is 338 g/mol. The van der Waals surface area contributed by atoms with E-state index in [4.69, 9.17) is 4.74 Å². The van der Waals surface area contributed by atoms with Crippen LogP contribution in [0.15, 0.2) is 66.7 Å². The van der Waals surface area contributed by atoms with Gasteiger partial charge in [0.15, 0.2) is 0 Å². The Balaban J connectivity index is 1.46. The van der Waals surface area contributed by atoms with Crippen molar-refractivity contribution in [3.05, 3.63) is 77.9 Å². The van der Waals surface area contributed by atoms with Crippen LogP contribution in [0.4, 0.5) is 0 Å². The zero-order valence-electron chi connectivity index (χ0n) is 15.5. The van der Waals surface area contributed by atoms with E-state index < -0.39 is 6.10 Å². The highest BCUT2D eigenvalue weighted by molar-refractivity contribution is 5.86. The van der Waals surface area contributed by atoms with Crippen LogP contribution in [-0.4, -0.2) is 24.7 Å². The molecule has 27 heavy (non-hydrogen) atoms. The second-order valence-corrected chi connectivity index (χ2v) is 6.57. The van der Waals surface area contributed by atoms with Crippen molar-refractivity contribution < 1.29 is 14.6 Å². The van der Waals surface area contributed by atoms with Crippen molar-refractivity contribution in [2.45, 2.75) is 25.4 Å². The van der Waals surface area contributed by atoms with Gasteiger partial charge in [-0.2, -0.15) is 0 Å². The first kappa shape index (κ1) is 18.9. The summed E-state index contributed by atoms with van der Waals surface area (Å²) in [5.74, 6) is 0.807. The number of nitrogens with one attached hydrogen (secondary N) is 1. The summed E-state index contributed by atoms with van der Waals surface area (Å²) in [6, 6.07) is 21.7. The number of ether oxygens (including phenoxy) is 1. The second-order valence-electron chi connectivity index (χ2n) is 6.57. The number of hydrogen-bond acceptors (Lipinski definition) is 3. The van der Waals surface area contributed by atoms with E-state index >= 15 is 0 Å². The van der Waals surface area contributed by atoms with E-state index in [1.165, 1.54) is 0 Å². The van der Waals surface area contributed by atoms with Gasteiger partial charge in [-0.3, -0.25) is 4.79 Å². The number of carbonyl (C=O) groups excluding carboxylic acids is 1. The third-order valence-corrected chi connectivity index (χ3v) is 4.72. The van der Waals surface area contributed by atoms with Crippen LogP contribution in [0.1, 0.15) is 30.1 Å². The molecule has 0 aliphatic carbocycles. The van der Waals surface area contributed by atoms with Gasteiger partial charge < -0.3 is 15.2 Å². The van der Waals surface area contributed by atoms with E-state index in [0.717, 1.165) is 27.6 Å². The predicted molar refractivity (Wildman–Crippen MR) is 108 cm³/mol. The van der Waals surface area contributed by atoms with Crippen LogP contribution >= 0.6 is 0 Å². The van der Waals surface area contributed by atoms with E-state index in [9.17, 15) is 9.90 Å². The zero-order chi connectivity index (χ0) is 19.1. The Labute approximate surface area is 159 Å². The number of rotatable bonds is 8. The van der Waals surface area contributed by atoms with Crippen LogP contribution in [0.5, 0.6) is 5.75 Å². The van der Waals surface area contributed by atoms with Gasteiger partial charge in [-0.05, 0) is 46.9 Å². The Morgan fingerprint density at radius 2 is 1.78 bits per heavy atom. The Hall–Kier alpha value is -2.85. The normalized spacial score (nSPS) is 11.9. The molecule has 0 heterocycles. The Morgan fingerprint density at radius 3 is 2.56 bits per heavy atom. The SMILES string of the molecule is COc1ccc(CCC(=O)NCCC(O)c2cccc3ccccc23)cc1. The fourth-order valence-corrected chi connectivity index (χ4v) is 3.18. The lowest BCUT2D eigenvalue weighted by Gasteiger charge is -2.14. The molecule has 0 aliphatic heterocycles. The molecule has 3 aromatic carbocycles.